The first-order valence-electron chi connectivity index (χ1n) is 11.8. The molecule has 2 aromatic rings. The summed E-state index contributed by atoms with van der Waals surface area (Å²) >= 11 is 0. The number of hydrogen-bond donors (Lipinski definition) is 1. The predicted molar refractivity (Wildman–Crippen MR) is 126 cm³/mol. The summed E-state index contributed by atoms with van der Waals surface area (Å²) in [6, 6.07) is 11.2. The van der Waals surface area contributed by atoms with Crippen LogP contribution in [-0.4, -0.2) is 67.6 Å². The zero-order valence-corrected chi connectivity index (χ0v) is 19.2. The lowest BCUT2D eigenvalue weighted by Crippen LogP contribution is -2.40. The Morgan fingerprint density at radius 1 is 1.06 bits per heavy atom. The highest BCUT2D eigenvalue weighted by atomic mass is 19.1. The van der Waals surface area contributed by atoms with E-state index in [0.29, 0.717) is 17.2 Å². The third-order valence-corrected chi connectivity index (χ3v) is 6.71. The summed E-state index contributed by atoms with van der Waals surface area (Å²) in [6.07, 6.45) is 3.19. The molecule has 0 aliphatic carbocycles. The van der Waals surface area contributed by atoms with Crippen LogP contribution in [0.1, 0.15) is 45.5 Å². The average molecular weight is 454 g/mol. The van der Waals surface area contributed by atoms with Gasteiger partial charge in [-0.25, -0.2) is 4.39 Å². The highest BCUT2D eigenvalue weighted by Crippen LogP contribution is 2.24. The number of aryl methyl sites for hydroxylation is 1. The fourth-order valence-electron chi connectivity index (χ4n) is 4.52. The van der Waals surface area contributed by atoms with Gasteiger partial charge in [0.05, 0.1) is 18.8 Å². The molecule has 1 N–H and O–H groups in total. The summed E-state index contributed by atoms with van der Waals surface area (Å²) in [6.45, 7) is 8.13. The Bertz CT molecular complexity index is 982. The number of anilines is 1. The molecule has 0 saturated carbocycles. The molecule has 2 aliphatic heterocycles. The van der Waals surface area contributed by atoms with E-state index in [4.69, 9.17) is 4.74 Å². The SMILES string of the molecule is Cc1ccc(C(=O)N2CCC(CCN3CCOCC3)CC2)cc1NC(=O)c1ccccc1F. The van der Waals surface area contributed by atoms with Crippen molar-refractivity contribution in [1.29, 1.82) is 0 Å². The van der Waals surface area contributed by atoms with Crippen molar-refractivity contribution in [2.75, 3.05) is 51.3 Å². The Morgan fingerprint density at radius 2 is 1.79 bits per heavy atom. The number of likely N-dealkylation sites (tertiary alicyclic amines) is 1. The second-order valence-electron chi connectivity index (χ2n) is 8.94. The number of ether oxygens (including phenoxy) is 1. The molecule has 0 atom stereocenters. The number of hydrogen-bond acceptors (Lipinski definition) is 4. The lowest BCUT2D eigenvalue weighted by molar-refractivity contribution is 0.0332. The van der Waals surface area contributed by atoms with Crippen molar-refractivity contribution in [2.24, 2.45) is 5.92 Å². The highest BCUT2D eigenvalue weighted by molar-refractivity contribution is 6.05. The molecule has 2 heterocycles. The molecule has 2 aromatic carbocycles. The fraction of sp³-hybridized carbons (Fsp3) is 0.462. The third-order valence-electron chi connectivity index (χ3n) is 6.71. The number of benzene rings is 2. The maximum atomic E-state index is 14.0. The molecule has 2 fully saturated rings. The lowest BCUT2D eigenvalue weighted by atomic mass is 9.93. The van der Waals surface area contributed by atoms with E-state index >= 15 is 0 Å². The largest absolute Gasteiger partial charge is 0.379 e. The van der Waals surface area contributed by atoms with E-state index in [1.54, 1.807) is 24.3 Å². The Balaban J connectivity index is 1.33. The molecule has 2 aliphatic rings. The van der Waals surface area contributed by atoms with Gasteiger partial charge in [-0.2, -0.15) is 0 Å². The van der Waals surface area contributed by atoms with Gasteiger partial charge in [-0.05, 0) is 68.5 Å². The number of morpholine rings is 1. The van der Waals surface area contributed by atoms with E-state index in [2.05, 4.69) is 10.2 Å². The molecule has 7 heteroatoms. The van der Waals surface area contributed by atoms with Crippen LogP contribution in [0.3, 0.4) is 0 Å². The average Bonchev–Trinajstić information content (AvgIpc) is 2.85. The number of nitrogens with zero attached hydrogens (tertiary/aromatic N) is 2. The van der Waals surface area contributed by atoms with Gasteiger partial charge in [-0.1, -0.05) is 18.2 Å². The first kappa shape index (κ1) is 23.4. The van der Waals surface area contributed by atoms with Gasteiger partial charge in [-0.3, -0.25) is 14.5 Å². The van der Waals surface area contributed by atoms with E-state index in [9.17, 15) is 14.0 Å². The monoisotopic (exact) mass is 453 g/mol. The molecule has 6 nitrogen and oxygen atoms in total. The van der Waals surface area contributed by atoms with Gasteiger partial charge >= 0.3 is 0 Å². The summed E-state index contributed by atoms with van der Waals surface area (Å²) in [5.41, 5.74) is 1.86. The van der Waals surface area contributed by atoms with E-state index in [1.807, 2.05) is 17.9 Å². The van der Waals surface area contributed by atoms with Crippen LogP contribution in [0, 0.1) is 18.7 Å². The summed E-state index contributed by atoms with van der Waals surface area (Å²) in [5.74, 6) is -0.480. The van der Waals surface area contributed by atoms with E-state index < -0.39 is 11.7 Å². The molecular formula is C26H32FN3O3. The van der Waals surface area contributed by atoms with Gasteiger partial charge < -0.3 is 15.0 Å². The van der Waals surface area contributed by atoms with Crippen LogP contribution in [0.25, 0.3) is 0 Å². The van der Waals surface area contributed by atoms with Crippen LogP contribution in [0.5, 0.6) is 0 Å². The van der Waals surface area contributed by atoms with Crippen molar-refractivity contribution in [1.82, 2.24) is 9.80 Å². The smallest absolute Gasteiger partial charge is 0.258 e. The standard InChI is InChI=1S/C26H32FN3O3/c1-19-6-7-21(18-24(19)28-25(31)22-4-2-3-5-23(22)27)26(32)30-12-9-20(10-13-30)8-11-29-14-16-33-17-15-29/h2-7,18,20H,8-17H2,1H3,(H,28,31). The first-order chi connectivity index (χ1) is 16.0. The minimum Gasteiger partial charge on any atom is -0.379 e. The molecular weight excluding hydrogens is 421 g/mol. The minimum absolute atomic E-state index is 0.0206. The summed E-state index contributed by atoms with van der Waals surface area (Å²) < 4.78 is 19.4. The topological polar surface area (TPSA) is 61.9 Å². The first-order valence-corrected chi connectivity index (χ1v) is 11.8. The lowest BCUT2D eigenvalue weighted by Gasteiger charge is -2.34. The molecule has 0 aromatic heterocycles. The Morgan fingerprint density at radius 3 is 2.52 bits per heavy atom. The van der Waals surface area contributed by atoms with E-state index in [1.165, 1.54) is 18.6 Å². The second-order valence-corrected chi connectivity index (χ2v) is 8.94. The molecule has 2 amide bonds. The number of rotatable bonds is 6. The van der Waals surface area contributed by atoms with Gasteiger partial charge in [0.15, 0.2) is 0 Å². The van der Waals surface area contributed by atoms with Crippen LogP contribution < -0.4 is 5.32 Å². The molecule has 0 bridgehead atoms. The van der Waals surface area contributed by atoms with E-state index in [-0.39, 0.29) is 11.5 Å². The van der Waals surface area contributed by atoms with Gasteiger partial charge in [0.25, 0.3) is 11.8 Å². The third kappa shape index (κ3) is 5.97. The zero-order chi connectivity index (χ0) is 23.2. The highest BCUT2D eigenvalue weighted by Gasteiger charge is 2.25. The fourth-order valence-corrected chi connectivity index (χ4v) is 4.52. The summed E-state index contributed by atoms with van der Waals surface area (Å²) in [7, 11) is 0. The van der Waals surface area contributed by atoms with Crippen LogP contribution >= 0.6 is 0 Å². The quantitative estimate of drug-likeness (QED) is 0.719. The Hall–Kier alpha value is -2.77. The number of carbonyl (C=O) groups excluding carboxylic acids is 2. The van der Waals surface area contributed by atoms with E-state index in [0.717, 1.165) is 64.3 Å². The molecule has 0 spiro atoms. The number of halogens is 1. The van der Waals surface area contributed by atoms with Crippen LogP contribution in [0.15, 0.2) is 42.5 Å². The summed E-state index contributed by atoms with van der Waals surface area (Å²) in [4.78, 5) is 30.0. The molecule has 33 heavy (non-hydrogen) atoms. The van der Waals surface area contributed by atoms with Gasteiger partial charge in [0.2, 0.25) is 0 Å². The summed E-state index contributed by atoms with van der Waals surface area (Å²) in [5, 5.41) is 2.76. The Labute approximate surface area is 194 Å². The second kappa shape index (κ2) is 10.9. The van der Waals surface area contributed by atoms with Crippen molar-refractivity contribution in [3.63, 3.8) is 0 Å². The molecule has 0 radical (unpaired) electrons. The molecule has 0 unspecified atom stereocenters. The van der Waals surface area contributed by atoms with Crippen molar-refractivity contribution >= 4 is 17.5 Å². The number of nitrogens with one attached hydrogen (secondary N) is 1. The van der Waals surface area contributed by atoms with Crippen molar-refractivity contribution < 1.29 is 18.7 Å². The van der Waals surface area contributed by atoms with Gasteiger partial charge in [-0.15, -0.1) is 0 Å². The molecule has 176 valence electrons. The number of amides is 2. The maximum absolute atomic E-state index is 14.0. The molecule has 2 saturated heterocycles. The molecule has 4 rings (SSSR count). The zero-order valence-electron chi connectivity index (χ0n) is 19.2. The van der Waals surface area contributed by atoms with Crippen molar-refractivity contribution in [3.05, 3.63) is 65.0 Å². The maximum Gasteiger partial charge on any atom is 0.258 e. The van der Waals surface area contributed by atoms with Crippen LogP contribution in [0.2, 0.25) is 0 Å². The van der Waals surface area contributed by atoms with Crippen molar-refractivity contribution in [3.8, 4) is 0 Å². The van der Waals surface area contributed by atoms with Gasteiger partial charge in [0, 0.05) is 37.4 Å². The van der Waals surface area contributed by atoms with Gasteiger partial charge in [0.1, 0.15) is 5.82 Å². The normalized spacial score (nSPS) is 17.7. The van der Waals surface area contributed by atoms with Crippen LogP contribution in [-0.2, 0) is 4.74 Å². The number of piperidine rings is 1. The Kier molecular flexibility index (Phi) is 7.73. The van der Waals surface area contributed by atoms with Crippen LogP contribution in [0.4, 0.5) is 10.1 Å². The number of carbonyl (C=O) groups is 2. The predicted octanol–water partition coefficient (Wildman–Crippen LogP) is 3.96. The minimum atomic E-state index is -0.573. The van der Waals surface area contributed by atoms with Crippen molar-refractivity contribution in [2.45, 2.75) is 26.2 Å².